The molecule has 0 aromatic rings. The Balaban J connectivity index is 1.79. The Bertz CT molecular complexity index is 245. The third-order valence-electron chi connectivity index (χ3n) is 5.23. The molecule has 0 heterocycles. The fraction of sp³-hybridized carbons (Fsp3) is 1.00. The summed E-state index contributed by atoms with van der Waals surface area (Å²) >= 11 is 0. The smallest absolute Gasteiger partial charge is 0.0804 e. The van der Waals surface area contributed by atoms with Crippen molar-refractivity contribution in [2.75, 3.05) is 13.2 Å². The van der Waals surface area contributed by atoms with Crippen LogP contribution in [0.15, 0.2) is 0 Å². The monoisotopic (exact) mass is 253 g/mol. The molecule has 2 N–H and O–H groups in total. The van der Waals surface area contributed by atoms with Crippen molar-refractivity contribution in [3.63, 3.8) is 0 Å². The molecule has 0 amide bonds. The molecule has 2 aliphatic rings. The van der Waals surface area contributed by atoms with Gasteiger partial charge >= 0.3 is 0 Å². The molecule has 0 aromatic heterocycles. The number of hydrogen-bond donors (Lipinski definition) is 1. The van der Waals surface area contributed by atoms with Crippen molar-refractivity contribution in [2.24, 2.45) is 23.5 Å². The van der Waals surface area contributed by atoms with Crippen molar-refractivity contribution >= 4 is 0 Å². The van der Waals surface area contributed by atoms with Gasteiger partial charge < -0.3 is 10.5 Å². The van der Waals surface area contributed by atoms with Crippen LogP contribution in [0.2, 0.25) is 0 Å². The molecule has 2 atom stereocenters. The summed E-state index contributed by atoms with van der Waals surface area (Å²) in [6.45, 7) is 6.40. The quantitative estimate of drug-likeness (QED) is 0.828. The lowest BCUT2D eigenvalue weighted by molar-refractivity contribution is -0.0879. The Morgan fingerprint density at radius 3 is 2.39 bits per heavy atom. The molecule has 2 saturated carbocycles. The van der Waals surface area contributed by atoms with Crippen molar-refractivity contribution in [1.29, 1.82) is 0 Å². The average molecular weight is 253 g/mol. The first kappa shape index (κ1) is 14.3. The van der Waals surface area contributed by atoms with Crippen LogP contribution in [0.3, 0.4) is 0 Å². The molecule has 2 unspecified atom stereocenters. The van der Waals surface area contributed by atoms with Crippen LogP contribution in [-0.2, 0) is 4.74 Å². The summed E-state index contributed by atoms with van der Waals surface area (Å²) in [6.07, 6.45) is 10.5. The van der Waals surface area contributed by atoms with E-state index < -0.39 is 0 Å². The number of ether oxygens (including phenoxy) is 1. The van der Waals surface area contributed by atoms with Crippen molar-refractivity contribution in [1.82, 2.24) is 0 Å². The van der Waals surface area contributed by atoms with Crippen molar-refractivity contribution in [3.05, 3.63) is 0 Å². The molecule has 0 aliphatic heterocycles. The number of hydrogen-bond acceptors (Lipinski definition) is 2. The largest absolute Gasteiger partial charge is 0.373 e. The topological polar surface area (TPSA) is 35.2 Å². The summed E-state index contributed by atoms with van der Waals surface area (Å²) in [5, 5.41) is 0. The van der Waals surface area contributed by atoms with Gasteiger partial charge in [0, 0.05) is 6.54 Å². The molecule has 0 aromatic carbocycles. The molecule has 2 nitrogen and oxygen atoms in total. The van der Waals surface area contributed by atoms with Gasteiger partial charge in [-0.25, -0.2) is 0 Å². The van der Waals surface area contributed by atoms with Gasteiger partial charge in [0.25, 0.3) is 0 Å². The maximum absolute atomic E-state index is 6.33. The Hall–Kier alpha value is -0.0800. The van der Waals surface area contributed by atoms with E-state index in [-0.39, 0.29) is 5.60 Å². The van der Waals surface area contributed by atoms with Gasteiger partial charge in [0.05, 0.1) is 12.2 Å². The predicted molar refractivity (Wildman–Crippen MR) is 76.5 cm³/mol. The van der Waals surface area contributed by atoms with Crippen LogP contribution in [0.1, 0.15) is 65.2 Å². The molecule has 2 heteroatoms. The van der Waals surface area contributed by atoms with Gasteiger partial charge in [-0.15, -0.1) is 0 Å². The summed E-state index contributed by atoms with van der Waals surface area (Å²) in [6, 6.07) is 0. The zero-order valence-electron chi connectivity index (χ0n) is 12.3. The van der Waals surface area contributed by atoms with Gasteiger partial charge in [0.2, 0.25) is 0 Å². The fourth-order valence-electron chi connectivity index (χ4n) is 3.70. The van der Waals surface area contributed by atoms with Gasteiger partial charge in [-0.05, 0) is 56.3 Å². The first-order valence-electron chi connectivity index (χ1n) is 7.97. The van der Waals surface area contributed by atoms with Crippen LogP contribution in [0.5, 0.6) is 0 Å². The van der Waals surface area contributed by atoms with Gasteiger partial charge in [-0.2, -0.15) is 0 Å². The van der Waals surface area contributed by atoms with Crippen LogP contribution in [0, 0.1) is 17.8 Å². The van der Waals surface area contributed by atoms with E-state index in [0.717, 1.165) is 24.4 Å². The van der Waals surface area contributed by atoms with Gasteiger partial charge in [-0.3, -0.25) is 0 Å². The van der Waals surface area contributed by atoms with E-state index in [1.807, 2.05) is 0 Å². The molecule has 2 rings (SSSR count). The maximum atomic E-state index is 6.33. The Labute approximate surface area is 113 Å². The molecule has 0 bridgehead atoms. The van der Waals surface area contributed by atoms with Crippen LogP contribution in [-0.4, -0.2) is 18.8 Å². The second-order valence-corrected chi connectivity index (χ2v) is 7.02. The van der Waals surface area contributed by atoms with E-state index in [2.05, 4.69) is 13.8 Å². The fourth-order valence-corrected chi connectivity index (χ4v) is 3.70. The number of nitrogens with two attached hydrogens (primary N) is 1. The highest BCUT2D eigenvalue weighted by Crippen LogP contribution is 2.36. The van der Waals surface area contributed by atoms with Crippen LogP contribution >= 0.6 is 0 Å². The Morgan fingerprint density at radius 2 is 1.78 bits per heavy atom. The summed E-state index contributed by atoms with van der Waals surface area (Å²) in [4.78, 5) is 0. The maximum Gasteiger partial charge on any atom is 0.0804 e. The standard InChI is InChI=1S/C16H31NO/c1-13-6-8-16(12-17,9-7-13)18-11-15-5-3-4-14(2)10-15/h13-15H,3-12,17H2,1-2H3. The minimum atomic E-state index is 0.0210. The predicted octanol–water partition coefficient (Wildman–Crippen LogP) is 3.74. The van der Waals surface area contributed by atoms with Crippen molar-refractivity contribution < 1.29 is 4.74 Å². The lowest BCUT2D eigenvalue weighted by Gasteiger charge is -2.40. The number of rotatable bonds is 4. The summed E-state index contributed by atoms with van der Waals surface area (Å²) < 4.78 is 6.33. The minimum absolute atomic E-state index is 0.0210. The third kappa shape index (κ3) is 3.71. The summed E-state index contributed by atoms with van der Waals surface area (Å²) in [7, 11) is 0. The van der Waals surface area contributed by atoms with Gasteiger partial charge in [0.15, 0.2) is 0 Å². The lowest BCUT2D eigenvalue weighted by Crippen LogP contribution is -2.45. The van der Waals surface area contributed by atoms with Gasteiger partial charge in [-0.1, -0.05) is 26.7 Å². The highest BCUT2D eigenvalue weighted by molar-refractivity contribution is 4.88. The van der Waals surface area contributed by atoms with E-state index >= 15 is 0 Å². The minimum Gasteiger partial charge on any atom is -0.373 e. The molecule has 106 valence electrons. The van der Waals surface area contributed by atoms with E-state index in [1.54, 1.807) is 0 Å². The van der Waals surface area contributed by atoms with Crippen molar-refractivity contribution in [2.45, 2.75) is 70.8 Å². The Kier molecular flexibility index (Phi) is 5.08. The zero-order valence-corrected chi connectivity index (χ0v) is 12.3. The second-order valence-electron chi connectivity index (χ2n) is 7.02. The Morgan fingerprint density at radius 1 is 1.06 bits per heavy atom. The van der Waals surface area contributed by atoms with E-state index in [4.69, 9.17) is 10.5 Å². The van der Waals surface area contributed by atoms with E-state index in [1.165, 1.54) is 51.4 Å². The third-order valence-corrected chi connectivity index (χ3v) is 5.23. The molecule has 2 fully saturated rings. The molecule has 18 heavy (non-hydrogen) atoms. The molecule has 0 radical (unpaired) electrons. The molecule has 0 spiro atoms. The normalized spacial score (nSPS) is 41.8. The van der Waals surface area contributed by atoms with E-state index in [0.29, 0.717) is 6.54 Å². The summed E-state index contributed by atoms with van der Waals surface area (Å²) in [5.41, 5.74) is 6.02. The molecular weight excluding hydrogens is 222 g/mol. The van der Waals surface area contributed by atoms with Gasteiger partial charge in [0.1, 0.15) is 0 Å². The highest BCUT2D eigenvalue weighted by atomic mass is 16.5. The second kappa shape index (κ2) is 6.38. The lowest BCUT2D eigenvalue weighted by atomic mass is 9.79. The molecule has 2 aliphatic carbocycles. The van der Waals surface area contributed by atoms with E-state index in [9.17, 15) is 0 Å². The first-order chi connectivity index (χ1) is 8.63. The molecular formula is C16H31NO. The van der Waals surface area contributed by atoms with Crippen LogP contribution in [0.25, 0.3) is 0 Å². The van der Waals surface area contributed by atoms with Crippen LogP contribution < -0.4 is 5.73 Å². The van der Waals surface area contributed by atoms with Crippen molar-refractivity contribution in [3.8, 4) is 0 Å². The SMILES string of the molecule is CC1CCC(CN)(OCC2CCCC(C)C2)CC1. The highest BCUT2D eigenvalue weighted by Gasteiger charge is 2.34. The average Bonchev–Trinajstić information content (AvgIpc) is 2.39. The van der Waals surface area contributed by atoms with Crippen LogP contribution in [0.4, 0.5) is 0 Å². The zero-order chi connectivity index (χ0) is 13.0. The molecule has 0 saturated heterocycles. The first-order valence-corrected chi connectivity index (χ1v) is 7.97. The summed E-state index contributed by atoms with van der Waals surface area (Å²) in [5.74, 6) is 2.55.